The zero-order valence-corrected chi connectivity index (χ0v) is 16.0. The van der Waals surface area contributed by atoms with Gasteiger partial charge in [-0.3, -0.25) is 4.79 Å². The maximum Gasteiger partial charge on any atom is 0.256 e. The number of nitrogens with one attached hydrogen (secondary N) is 2. The molecule has 25 heavy (non-hydrogen) atoms. The molecule has 0 aliphatic carbocycles. The van der Waals surface area contributed by atoms with E-state index in [1.54, 1.807) is 6.92 Å². The second-order valence-electron chi connectivity index (χ2n) is 7.51. The summed E-state index contributed by atoms with van der Waals surface area (Å²) in [6.45, 7) is 12.6. The lowest BCUT2D eigenvalue weighted by molar-refractivity contribution is 0.0938. The number of amides is 1. The highest BCUT2D eigenvalue weighted by molar-refractivity contribution is 5.96. The minimum atomic E-state index is -0.256. The van der Waals surface area contributed by atoms with Gasteiger partial charge in [0.15, 0.2) is 5.76 Å². The fraction of sp³-hybridized carbons (Fsp3) is 0.500. The Morgan fingerprint density at radius 2 is 1.84 bits per heavy atom. The Bertz CT molecular complexity index is 705. The van der Waals surface area contributed by atoms with Crippen LogP contribution in [0.15, 0.2) is 34.9 Å². The average molecular weight is 343 g/mol. The normalized spacial score (nSPS) is 13.1. The van der Waals surface area contributed by atoms with Crippen molar-refractivity contribution < 1.29 is 9.32 Å². The van der Waals surface area contributed by atoms with E-state index in [9.17, 15) is 4.79 Å². The maximum absolute atomic E-state index is 12.6. The van der Waals surface area contributed by atoms with Gasteiger partial charge in [-0.15, -0.1) is 0 Å². The largest absolute Gasteiger partial charge is 0.360 e. The number of hydrogen-bond donors (Lipinski definition) is 2. The molecule has 2 N–H and O–H groups in total. The van der Waals surface area contributed by atoms with E-state index in [0.29, 0.717) is 23.6 Å². The number of benzene rings is 1. The van der Waals surface area contributed by atoms with Gasteiger partial charge >= 0.3 is 0 Å². The molecule has 2 rings (SSSR count). The number of aryl methyl sites for hydroxylation is 1. The van der Waals surface area contributed by atoms with Crippen molar-refractivity contribution in [3.63, 3.8) is 0 Å². The Morgan fingerprint density at radius 1 is 1.20 bits per heavy atom. The molecule has 0 saturated heterocycles. The van der Waals surface area contributed by atoms with Gasteiger partial charge in [-0.2, -0.15) is 0 Å². The van der Waals surface area contributed by atoms with Crippen LogP contribution in [-0.2, 0) is 0 Å². The SMILES string of the molecule is Cc1noc(C(C)C)c1C(=O)NCC(C)(C)N[C@H](C)c1ccccc1. The number of rotatable bonds is 7. The summed E-state index contributed by atoms with van der Waals surface area (Å²) in [5.41, 5.74) is 2.15. The summed E-state index contributed by atoms with van der Waals surface area (Å²) in [4.78, 5) is 12.6. The maximum atomic E-state index is 12.6. The van der Waals surface area contributed by atoms with Crippen LogP contribution in [0.4, 0.5) is 0 Å². The molecule has 1 heterocycles. The molecule has 0 spiro atoms. The molecule has 1 amide bonds. The Hall–Kier alpha value is -2.14. The Kier molecular flexibility index (Phi) is 6.01. The summed E-state index contributed by atoms with van der Waals surface area (Å²) >= 11 is 0. The number of hydrogen-bond acceptors (Lipinski definition) is 4. The van der Waals surface area contributed by atoms with E-state index in [-0.39, 0.29) is 23.4 Å². The topological polar surface area (TPSA) is 67.2 Å². The van der Waals surface area contributed by atoms with Crippen molar-refractivity contribution in [2.45, 2.75) is 59.0 Å². The summed E-state index contributed by atoms with van der Waals surface area (Å²) in [5, 5.41) is 10.5. The molecule has 0 unspecified atom stereocenters. The Morgan fingerprint density at radius 3 is 2.44 bits per heavy atom. The van der Waals surface area contributed by atoms with Gasteiger partial charge in [0.2, 0.25) is 0 Å². The quantitative estimate of drug-likeness (QED) is 0.798. The van der Waals surface area contributed by atoms with Crippen molar-refractivity contribution in [2.75, 3.05) is 6.54 Å². The van der Waals surface area contributed by atoms with E-state index in [1.165, 1.54) is 5.56 Å². The number of nitrogens with zero attached hydrogens (tertiary/aromatic N) is 1. The van der Waals surface area contributed by atoms with Crippen LogP contribution in [0.25, 0.3) is 0 Å². The van der Waals surface area contributed by atoms with Gasteiger partial charge in [0.05, 0.1) is 5.69 Å². The number of carbonyl (C=O) groups excluding carboxylic acids is 1. The third kappa shape index (κ3) is 4.92. The first kappa shape index (κ1) is 19.2. The molecule has 0 bridgehead atoms. The van der Waals surface area contributed by atoms with E-state index in [1.807, 2.05) is 32.0 Å². The summed E-state index contributed by atoms with van der Waals surface area (Å²) in [5.74, 6) is 0.620. The molecular formula is C20H29N3O2. The smallest absolute Gasteiger partial charge is 0.256 e. The van der Waals surface area contributed by atoms with E-state index in [0.717, 1.165) is 0 Å². The number of carbonyl (C=O) groups is 1. The first-order chi connectivity index (χ1) is 11.7. The molecule has 1 atom stereocenters. The lowest BCUT2D eigenvalue weighted by Gasteiger charge is -2.31. The molecule has 5 nitrogen and oxygen atoms in total. The average Bonchev–Trinajstić information content (AvgIpc) is 2.95. The van der Waals surface area contributed by atoms with E-state index >= 15 is 0 Å². The third-order valence-electron chi connectivity index (χ3n) is 4.24. The molecule has 136 valence electrons. The van der Waals surface area contributed by atoms with Crippen LogP contribution in [-0.4, -0.2) is 23.1 Å². The van der Waals surface area contributed by atoms with Crippen molar-refractivity contribution in [3.8, 4) is 0 Å². The van der Waals surface area contributed by atoms with Gasteiger partial charge in [0, 0.05) is 24.0 Å². The van der Waals surface area contributed by atoms with Gasteiger partial charge in [-0.1, -0.05) is 49.3 Å². The van der Waals surface area contributed by atoms with Crippen molar-refractivity contribution in [3.05, 3.63) is 52.9 Å². The monoisotopic (exact) mass is 343 g/mol. The van der Waals surface area contributed by atoms with Crippen molar-refractivity contribution >= 4 is 5.91 Å². The van der Waals surface area contributed by atoms with Crippen LogP contribution in [0, 0.1) is 6.92 Å². The third-order valence-corrected chi connectivity index (χ3v) is 4.24. The predicted molar refractivity (Wildman–Crippen MR) is 99.7 cm³/mol. The molecule has 0 aliphatic heterocycles. The van der Waals surface area contributed by atoms with Crippen LogP contribution >= 0.6 is 0 Å². The Balaban J connectivity index is 2.00. The first-order valence-corrected chi connectivity index (χ1v) is 8.78. The molecule has 5 heteroatoms. The van der Waals surface area contributed by atoms with Crippen LogP contribution in [0.5, 0.6) is 0 Å². The highest BCUT2D eigenvalue weighted by Gasteiger charge is 2.26. The minimum Gasteiger partial charge on any atom is -0.360 e. The standard InChI is InChI=1S/C20H29N3O2/c1-13(2)18-17(15(4)23-25-18)19(24)21-12-20(5,6)22-14(3)16-10-8-7-9-11-16/h7-11,13-14,22H,12H2,1-6H3,(H,21,24)/t14-/m1/s1. The molecule has 0 radical (unpaired) electrons. The van der Waals surface area contributed by atoms with Crippen LogP contribution < -0.4 is 10.6 Å². The second kappa shape index (κ2) is 7.83. The van der Waals surface area contributed by atoms with Crippen LogP contribution in [0.1, 0.15) is 74.0 Å². The fourth-order valence-corrected chi connectivity index (χ4v) is 2.91. The van der Waals surface area contributed by atoms with E-state index < -0.39 is 0 Å². The Labute approximate surface area is 150 Å². The van der Waals surface area contributed by atoms with Gasteiger partial charge in [0.1, 0.15) is 5.56 Å². The fourth-order valence-electron chi connectivity index (χ4n) is 2.91. The minimum absolute atomic E-state index is 0.117. The zero-order chi connectivity index (χ0) is 18.6. The van der Waals surface area contributed by atoms with Crippen molar-refractivity contribution in [1.82, 2.24) is 15.8 Å². The highest BCUT2D eigenvalue weighted by Crippen LogP contribution is 2.22. The molecule has 1 aromatic carbocycles. The van der Waals surface area contributed by atoms with Crippen LogP contribution in [0.3, 0.4) is 0 Å². The molecule has 2 aromatic rings. The predicted octanol–water partition coefficient (Wildman–Crippen LogP) is 3.97. The zero-order valence-electron chi connectivity index (χ0n) is 16.0. The molecule has 0 saturated carbocycles. The van der Waals surface area contributed by atoms with Crippen LogP contribution in [0.2, 0.25) is 0 Å². The van der Waals surface area contributed by atoms with Gasteiger partial charge in [-0.25, -0.2) is 0 Å². The van der Waals surface area contributed by atoms with Gasteiger partial charge in [-0.05, 0) is 33.3 Å². The van der Waals surface area contributed by atoms with Gasteiger partial charge < -0.3 is 15.2 Å². The van der Waals surface area contributed by atoms with Crippen molar-refractivity contribution in [1.29, 1.82) is 0 Å². The summed E-state index contributed by atoms with van der Waals surface area (Å²) in [6, 6.07) is 10.5. The first-order valence-electron chi connectivity index (χ1n) is 8.78. The lowest BCUT2D eigenvalue weighted by atomic mass is 10.00. The van der Waals surface area contributed by atoms with Gasteiger partial charge in [0.25, 0.3) is 5.91 Å². The summed E-state index contributed by atoms with van der Waals surface area (Å²) in [6.07, 6.45) is 0. The molecule has 0 aliphatic rings. The summed E-state index contributed by atoms with van der Waals surface area (Å²) in [7, 11) is 0. The second-order valence-corrected chi connectivity index (χ2v) is 7.51. The lowest BCUT2D eigenvalue weighted by Crippen LogP contribution is -2.50. The molecular weight excluding hydrogens is 314 g/mol. The highest BCUT2D eigenvalue weighted by atomic mass is 16.5. The van der Waals surface area contributed by atoms with E-state index in [4.69, 9.17) is 4.52 Å². The molecule has 0 fully saturated rings. The number of aromatic nitrogens is 1. The van der Waals surface area contributed by atoms with E-state index in [2.05, 4.69) is 48.7 Å². The molecule has 1 aromatic heterocycles. The summed E-state index contributed by atoms with van der Waals surface area (Å²) < 4.78 is 5.31. The van der Waals surface area contributed by atoms with Crippen molar-refractivity contribution in [2.24, 2.45) is 0 Å².